The predicted octanol–water partition coefficient (Wildman–Crippen LogP) is 3.65. The van der Waals surface area contributed by atoms with Crippen LogP contribution in [0.15, 0.2) is 42.7 Å². The van der Waals surface area contributed by atoms with Crippen LogP contribution in [-0.2, 0) is 0 Å². The summed E-state index contributed by atoms with van der Waals surface area (Å²) < 4.78 is 0. The third-order valence-electron chi connectivity index (χ3n) is 4.19. The minimum Gasteiger partial charge on any atom is -0.354 e. The van der Waals surface area contributed by atoms with Gasteiger partial charge in [-0.25, -0.2) is 0 Å². The van der Waals surface area contributed by atoms with Crippen molar-refractivity contribution in [3.8, 4) is 0 Å². The molecule has 0 bridgehead atoms. The van der Waals surface area contributed by atoms with Crippen molar-refractivity contribution in [2.24, 2.45) is 0 Å². The van der Waals surface area contributed by atoms with Crippen molar-refractivity contribution >= 4 is 23.1 Å². The van der Waals surface area contributed by atoms with Gasteiger partial charge in [0.05, 0.1) is 17.4 Å². The Morgan fingerprint density at radius 3 is 2.50 bits per heavy atom. The number of amides is 1. The lowest BCUT2D eigenvalue weighted by Crippen LogP contribution is -2.35. The van der Waals surface area contributed by atoms with Gasteiger partial charge in [0.15, 0.2) is 5.78 Å². The average molecular weight is 323 g/mol. The Balaban J connectivity index is 1.76. The largest absolute Gasteiger partial charge is 0.354 e. The van der Waals surface area contributed by atoms with Crippen LogP contribution in [-0.4, -0.2) is 34.7 Å². The van der Waals surface area contributed by atoms with E-state index in [4.69, 9.17) is 0 Å². The van der Waals surface area contributed by atoms with E-state index in [1.54, 1.807) is 31.5 Å². The second kappa shape index (κ2) is 7.25. The fourth-order valence-corrected chi connectivity index (χ4v) is 2.89. The van der Waals surface area contributed by atoms with Crippen LogP contribution in [0, 0.1) is 0 Å². The van der Waals surface area contributed by atoms with Gasteiger partial charge in [-0.3, -0.25) is 14.6 Å². The van der Waals surface area contributed by atoms with E-state index in [0.29, 0.717) is 11.1 Å². The number of benzene rings is 1. The molecule has 1 aromatic heterocycles. The maximum atomic E-state index is 12.6. The lowest BCUT2D eigenvalue weighted by atomic mass is 10.1. The van der Waals surface area contributed by atoms with Gasteiger partial charge >= 0.3 is 0 Å². The zero-order chi connectivity index (χ0) is 16.9. The molecule has 1 aliphatic heterocycles. The predicted molar refractivity (Wildman–Crippen MR) is 93.7 cm³/mol. The number of carbonyl (C=O) groups excluding carboxylic acids is 2. The van der Waals surface area contributed by atoms with Gasteiger partial charge in [-0.2, -0.15) is 0 Å². The van der Waals surface area contributed by atoms with Gasteiger partial charge in [0.25, 0.3) is 5.91 Å². The molecule has 1 fully saturated rings. The quantitative estimate of drug-likeness (QED) is 0.872. The van der Waals surface area contributed by atoms with Crippen LogP contribution >= 0.6 is 0 Å². The van der Waals surface area contributed by atoms with E-state index >= 15 is 0 Å². The standard InChI is InChI=1S/C19H21N3O2/c1-14(23)15-6-5-7-17(10-15)21-18-11-16(12-20-13-18)19(24)22-8-3-2-4-9-22/h5-7,10-13,21H,2-4,8-9H2,1H3. The molecule has 1 N–H and O–H groups in total. The van der Waals surface area contributed by atoms with E-state index < -0.39 is 0 Å². The fourth-order valence-electron chi connectivity index (χ4n) is 2.89. The summed E-state index contributed by atoms with van der Waals surface area (Å²) in [4.78, 5) is 30.1. The summed E-state index contributed by atoms with van der Waals surface area (Å²) in [7, 11) is 0. The molecule has 3 rings (SSSR count). The van der Waals surface area contributed by atoms with Crippen molar-refractivity contribution in [3.63, 3.8) is 0 Å². The maximum absolute atomic E-state index is 12.6. The van der Waals surface area contributed by atoms with Crippen molar-refractivity contribution < 1.29 is 9.59 Å². The van der Waals surface area contributed by atoms with E-state index in [9.17, 15) is 9.59 Å². The minimum absolute atomic E-state index is 0.0193. The number of pyridine rings is 1. The highest BCUT2D eigenvalue weighted by Crippen LogP contribution is 2.20. The molecule has 24 heavy (non-hydrogen) atoms. The number of anilines is 2. The Kier molecular flexibility index (Phi) is 4.89. The van der Waals surface area contributed by atoms with Crippen LogP contribution in [0.3, 0.4) is 0 Å². The number of likely N-dealkylation sites (tertiary alicyclic amines) is 1. The molecule has 124 valence electrons. The molecular weight excluding hydrogens is 302 g/mol. The average Bonchev–Trinajstić information content (AvgIpc) is 2.62. The van der Waals surface area contributed by atoms with Crippen LogP contribution in [0.5, 0.6) is 0 Å². The summed E-state index contributed by atoms with van der Waals surface area (Å²) in [6.45, 7) is 3.17. The highest BCUT2D eigenvalue weighted by atomic mass is 16.2. The highest BCUT2D eigenvalue weighted by molar-refractivity contribution is 5.96. The Bertz CT molecular complexity index is 752. The van der Waals surface area contributed by atoms with Crippen molar-refractivity contribution in [3.05, 3.63) is 53.9 Å². The Labute approximate surface area is 141 Å². The number of carbonyl (C=O) groups is 2. The summed E-state index contributed by atoms with van der Waals surface area (Å²) in [6, 6.07) is 9.09. The summed E-state index contributed by atoms with van der Waals surface area (Å²) in [6.07, 6.45) is 6.60. The number of hydrogen-bond acceptors (Lipinski definition) is 4. The van der Waals surface area contributed by atoms with Gasteiger partial charge in [0.1, 0.15) is 0 Å². The van der Waals surface area contributed by atoms with Crippen molar-refractivity contribution in [2.75, 3.05) is 18.4 Å². The summed E-state index contributed by atoms with van der Waals surface area (Å²) in [5, 5.41) is 3.21. The third kappa shape index (κ3) is 3.79. The minimum atomic E-state index is 0.0193. The summed E-state index contributed by atoms with van der Waals surface area (Å²) in [5.41, 5.74) is 2.77. The van der Waals surface area contributed by atoms with E-state index in [0.717, 1.165) is 37.3 Å². The number of Topliss-reactive ketones (excluding diaryl/α,β-unsaturated/α-hetero) is 1. The molecule has 2 heterocycles. The molecule has 0 spiro atoms. The van der Waals surface area contributed by atoms with Gasteiger partial charge in [-0.1, -0.05) is 12.1 Å². The Morgan fingerprint density at radius 2 is 1.75 bits per heavy atom. The molecule has 1 aromatic carbocycles. The molecule has 0 aliphatic carbocycles. The fraction of sp³-hybridized carbons (Fsp3) is 0.316. The summed E-state index contributed by atoms with van der Waals surface area (Å²) in [5.74, 6) is 0.0501. The lowest BCUT2D eigenvalue weighted by Gasteiger charge is -2.26. The molecule has 1 aliphatic rings. The number of rotatable bonds is 4. The van der Waals surface area contributed by atoms with Crippen LogP contribution in [0.25, 0.3) is 0 Å². The third-order valence-corrected chi connectivity index (χ3v) is 4.19. The van der Waals surface area contributed by atoms with Crippen LogP contribution in [0.1, 0.15) is 46.9 Å². The maximum Gasteiger partial charge on any atom is 0.255 e. The van der Waals surface area contributed by atoms with Crippen molar-refractivity contribution in [2.45, 2.75) is 26.2 Å². The molecule has 2 aromatic rings. The zero-order valence-electron chi connectivity index (χ0n) is 13.8. The number of nitrogens with one attached hydrogen (secondary N) is 1. The topological polar surface area (TPSA) is 62.3 Å². The first-order valence-corrected chi connectivity index (χ1v) is 8.26. The lowest BCUT2D eigenvalue weighted by molar-refractivity contribution is 0.0724. The second-order valence-electron chi connectivity index (χ2n) is 6.08. The van der Waals surface area contributed by atoms with Crippen LogP contribution in [0.4, 0.5) is 11.4 Å². The number of hydrogen-bond donors (Lipinski definition) is 1. The number of nitrogens with zero attached hydrogens (tertiary/aromatic N) is 2. The number of ketones is 1. The molecule has 0 atom stereocenters. The molecular formula is C19H21N3O2. The number of piperidine rings is 1. The van der Waals surface area contributed by atoms with Crippen molar-refractivity contribution in [1.82, 2.24) is 9.88 Å². The second-order valence-corrected chi connectivity index (χ2v) is 6.08. The van der Waals surface area contributed by atoms with Crippen LogP contribution in [0.2, 0.25) is 0 Å². The molecule has 5 nitrogen and oxygen atoms in total. The molecule has 1 amide bonds. The van der Waals surface area contributed by atoms with E-state index in [-0.39, 0.29) is 11.7 Å². The van der Waals surface area contributed by atoms with Crippen LogP contribution < -0.4 is 5.32 Å². The van der Waals surface area contributed by atoms with Gasteiger partial charge < -0.3 is 10.2 Å². The molecule has 0 unspecified atom stereocenters. The molecule has 0 radical (unpaired) electrons. The monoisotopic (exact) mass is 323 g/mol. The molecule has 0 saturated carbocycles. The summed E-state index contributed by atoms with van der Waals surface area (Å²) >= 11 is 0. The SMILES string of the molecule is CC(=O)c1cccc(Nc2cncc(C(=O)N3CCCCC3)c2)c1. The first kappa shape index (κ1) is 16.2. The van der Waals surface area contributed by atoms with E-state index in [1.165, 1.54) is 6.42 Å². The van der Waals surface area contributed by atoms with Gasteiger partial charge in [-0.05, 0) is 44.4 Å². The van der Waals surface area contributed by atoms with E-state index in [2.05, 4.69) is 10.3 Å². The zero-order valence-corrected chi connectivity index (χ0v) is 13.8. The smallest absolute Gasteiger partial charge is 0.255 e. The Hall–Kier alpha value is -2.69. The van der Waals surface area contributed by atoms with E-state index in [1.807, 2.05) is 23.1 Å². The molecule has 1 saturated heterocycles. The Morgan fingerprint density at radius 1 is 1.00 bits per heavy atom. The van der Waals surface area contributed by atoms with Gasteiger partial charge in [-0.15, -0.1) is 0 Å². The van der Waals surface area contributed by atoms with Crippen molar-refractivity contribution in [1.29, 1.82) is 0 Å². The highest BCUT2D eigenvalue weighted by Gasteiger charge is 2.18. The van der Waals surface area contributed by atoms with Gasteiger partial charge in [0, 0.05) is 30.5 Å². The first-order valence-electron chi connectivity index (χ1n) is 8.26. The molecule has 5 heteroatoms. The normalized spacial score (nSPS) is 14.3. The number of aromatic nitrogens is 1. The first-order chi connectivity index (χ1) is 11.6. The van der Waals surface area contributed by atoms with Gasteiger partial charge in [0.2, 0.25) is 0 Å².